The maximum atomic E-state index is 12.9. The lowest BCUT2D eigenvalue weighted by Gasteiger charge is -2.27. The number of hydrogen-bond acceptors (Lipinski definition) is 4. The Morgan fingerprint density at radius 3 is 2.44 bits per heavy atom. The fraction of sp³-hybridized carbons (Fsp3) is 0.231. The van der Waals surface area contributed by atoms with Crippen LogP contribution in [0.1, 0.15) is 49.2 Å². The van der Waals surface area contributed by atoms with Crippen molar-refractivity contribution in [2.45, 2.75) is 33.2 Å². The molecule has 0 fully saturated rings. The van der Waals surface area contributed by atoms with Gasteiger partial charge in [0.05, 0.1) is 17.7 Å². The van der Waals surface area contributed by atoms with Gasteiger partial charge in [0.1, 0.15) is 5.00 Å². The van der Waals surface area contributed by atoms with Crippen LogP contribution in [0.15, 0.2) is 67.2 Å². The fourth-order valence-electron chi connectivity index (χ4n) is 3.25. The largest absolute Gasteiger partial charge is 0.462 e. The second-order valence-electron chi connectivity index (χ2n) is 8.01. The zero-order valence-electron chi connectivity index (χ0n) is 18.8. The number of anilines is 1. The number of thiophene rings is 1. The molecular formula is C26H28N2O3S. The van der Waals surface area contributed by atoms with Crippen LogP contribution in [0.4, 0.5) is 9.80 Å². The van der Waals surface area contributed by atoms with Crippen LogP contribution in [0, 0.1) is 0 Å². The molecule has 3 aromatic rings. The van der Waals surface area contributed by atoms with E-state index in [0.717, 1.165) is 27.1 Å². The van der Waals surface area contributed by atoms with E-state index in [1.54, 1.807) is 13.0 Å². The summed E-state index contributed by atoms with van der Waals surface area (Å²) in [7, 11) is 0. The van der Waals surface area contributed by atoms with Gasteiger partial charge in [-0.25, -0.2) is 9.59 Å². The molecular weight excluding hydrogens is 420 g/mol. The normalized spacial score (nSPS) is 11.0. The molecule has 6 heteroatoms. The zero-order valence-corrected chi connectivity index (χ0v) is 19.6. The van der Waals surface area contributed by atoms with Gasteiger partial charge in [0.15, 0.2) is 0 Å². The number of benzene rings is 2. The number of esters is 1. The van der Waals surface area contributed by atoms with E-state index in [9.17, 15) is 9.59 Å². The summed E-state index contributed by atoms with van der Waals surface area (Å²) in [5, 5.41) is 6.31. The van der Waals surface area contributed by atoms with E-state index < -0.39 is 17.5 Å². The molecule has 3 rings (SSSR count). The summed E-state index contributed by atoms with van der Waals surface area (Å²) in [4.78, 5) is 26.3. The number of urea groups is 1. The minimum absolute atomic E-state index is 0.257. The lowest BCUT2D eigenvalue weighted by molar-refractivity contribution is 0.0528. The molecule has 0 atom stereocenters. The highest BCUT2D eigenvalue weighted by atomic mass is 32.1. The Hall–Kier alpha value is -3.38. The van der Waals surface area contributed by atoms with Gasteiger partial charge < -0.3 is 10.1 Å². The summed E-state index contributed by atoms with van der Waals surface area (Å²) in [6.45, 7) is 11.8. The molecule has 2 amide bonds. The summed E-state index contributed by atoms with van der Waals surface area (Å²) in [5.41, 5.74) is 3.60. The molecule has 166 valence electrons. The van der Waals surface area contributed by atoms with E-state index in [2.05, 4.69) is 17.2 Å². The van der Waals surface area contributed by atoms with E-state index in [-0.39, 0.29) is 6.61 Å². The molecule has 0 bridgehead atoms. The van der Waals surface area contributed by atoms with Gasteiger partial charge >= 0.3 is 12.0 Å². The van der Waals surface area contributed by atoms with Gasteiger partial charge in [0.2, 0.25) is 0 Å². The van der Waals surface area contributed by atoms with Crippen molar-refractivity contribution in [3.63, 3.8) is 0 Å². The van der Waals surface area contributed by atoms with E-state index in [0.29, 0.717) is 10.6 Å². The molecule has 0 radical (unpaired) electrons. The first-order chi connectivity index (χ1) is 15.2. The van der Waals surface area contributed by atoms with Crippen LogP contribution in [0.2, 0.25) is 0 Å². The molecule has 32 heavy (non-hydrogen) atoms. The first kappa shape index (κ1) is 23.3. The summed E-state index contributed by atoms with van der Waals surface area (Å²) in [6, 6.07) is 19.0. The second-order valence-corrected chi connectivity index (χ2v) is 9.06. The molecule has 0 saturated heterocycles. The number of hydrogen-bond donors (Lipinski definition) is 2. The Labute approximate surface area is 193 Å². The summed E-state index contributed by atoms with van der Waals surface area (Å²) in [6.07, 6.45) is 0. The Balaban J connectivity index is 1.84. The van der Waals surface area contributed by atoms with E-state index in [1.807, 2.05) is 75.4 Å². The van der Waals surface area contributed by atoms with E-state index in [4.69, 9.17) is 4.74 Å². The average Bonchev–Trinajstić information content (AvgIpc) is 3.18. The molecule has 0 aliphatic carbocycles. The Morgan fingerprint density at radius 2 is 1.78 bits per heavy atom. The second kappa shape index (κ2) is 9.83. The number of carbonyl (C=O) groups excluding carboxylic acids is 2. The summed E-state index contributed by atoms with van der Waals surface area (Å²) < 4.78 is 5.19. The van der Waals surface area contributed by atoms with E-state index in [1.165, 1.54) is 11.3 Å². The molecule has 1 heterocycles. The first-order valence-corrected chi connectivity index (χ1v) is 11.2. The monoisotopic (exact) mass is 448 g/mol. The number of nitrogens with one attached hydrogen (secondary N) is 2. The number of allylic oxidation sites excluding steroid dienone is 1. The van der Waals surface area contributed by atoms with Gasteiger partial charge in [-0.15, -0.1) is 11.3 Å². The SMILES string of the molecule is C=C(C)c1cccc(C(C)(C)NC(=O)Nc2sc(-c3ccccc3)cc2C(=O)OCC)c1. The van der Waals surface area contributed by atoms with Crippen LogP contribution in [0.25, 0.3) is 16.0 Å². The molecule has 0 saturated carbocycles. The third-order valence-electron chi connectivity index (χ3n) is 5.02. The molecule has 2 aromatic carbocycles. The Bertz CT molecular complexity index is 1130. The summed E-state index contributed by atoms with van der Waals surface area (Å²) >= 11 is 1.34. The van der Waals surface area contributed by atoms with Crippen LogP contribution in [0.3, 0.4) is 0 Å². The van der Waals surface area contributed by atoms with Crippen molar-refractivity contribution in [2.75, 3.05) is 11.9 Å². The number of ether oxygens (including phenoxy) is 1. The molecule has 5 nitrogen and oxygen atoms in total. The molecule has 2 N–H and O–H groups in total. The van der Waals surface area contributed by atoms with Gasteiger partial charge in [-0.1, -0.05) is 60.7 Å². The van der Waals surface area contributed by atoms with E-state index >= 15 is 0 Å². The van der Waals surface area contributed by atoms with Gasteiger partial charge in [0, 0.05) is 4.88 Å². The maximum absolute atomic E-state index is 12.9. The van der Waals surface area contributed by atoms with Crippen molar-refractivity contribution >= 4 is 33.9 Å². The van der Waals surface area contributed by atoms with Crippen molar-refractivity contribution in [3.05, 3.63) is 83.9 Å². The number of carbonyl (C=O) groups is 2. The zero-order chi connectivity index (χ0) is 23.3. The minimum atomic E-state index is -0.640. The lowest BCUT2D eigenvalue weighted by Crippen LogP contribution is -2.43. The Kier molecular flexibility index (Phi) is 7.15. The molecule has 0 spiro atoms. The standard InChI is InChI=1S/C26H28N2O3S/c1-6-31-24(29)21-16-22(18-11-8-7-9-12-18)32-23(21)27-25(30)28-26(4,5)20-14-10-13-19(15-20)17(2)3/h7-16H,2,6H2,1,3-5H3,(H2,27,28,30). The van der Waals surface area contributed by atoms with Gasteiger partial charge in [0.25, 0.3) is 0 Å². The Morgan fingerprint density at radius 1 is 1.06 bits per heavy atom. The maximum Gasteiger partial charge on any atom is 0.341 e. The lowest BCUT2D eigenvalue weighted by atomic mass is 9.92. The topological polar surface area (TPSA) is 67.4 Å². The van der Waals surface area contributed by atoms with Crippen molar-refractivity contribution in [1.29, 1.82) is 0 Å². The molecule has 0 unspecified atom stereocenters. The summed E-state index contributed by atoms with van der Waals surface area (Å²) in [5.74, 6) is -0.463. The smallest absolute Gasteiger partial charge is 0.341 e. The number of rotatable bonds is 7. The van der Waals surface area contributed by atoms with Crippen molar-refractivity contribution in [2.24, 2.45) is 0 Å². The predicted molar refractivity (Wildman–Crippen MR) is 132 cm³/mol. The van der Waals surface area contributed by atoms with Crippen LogP contribution < -0.4 is 10.6 Å². The van der Waals surface area contributed by atoms with Crippen molar-refractivity contribution in [1.82, 2.24) is 5.32 Å². The van der Waals surface area contributed by atoms with Crippen LogP contribution in [-0.2, 0) is 10.3 Å². The van der Waals surface area contributed by atoms with Gasteiger partial charge in [-0.2, -0.15) is 0 Å². The molecule has 0 aliphatic rings. The van der Waals surface area contributed by atoms with Gasteiger partial charge in [-0.3, -0.25) is 5.32 Å². The third-order valence-corrected chi connectivity index (χ3v) is 6.12. The highest BCUT2D eigenvalue weighted by Crippen LogP contribution is 2.36. The van der Waals surface area contributed by atoms with Crippen LogP contribution in [-0.4, -0.2) is 18.6 Å². The molecule has 0 aliphatic heterocycles. The average molecular weight is 449 g/mol. The van der Waals surface area contributed by atoms with Crippen LogP contribution in [0.5, 0.6) is 0 Å². The van der Waals surface area contributed by atoms with Crippen molar-refractivity contribution < 1.29 is 14.3 Å². The molecule has 1 aromatic heterocycles. The highest BCUT2D eigenvalue weighted by molar-refractivity contribution is 7.20. The van der Waals surface area contributed by atoms with Crippen LogP contribution >= 0.6 is 11.3 Å². The van der Waals surface area contributed by atoms with Gasteiger partial charge in [-0.05, 0) is 56.5 Å². The minimum Gasteiger partial charge on any atom is -0.462 e. The first-order valence-electron chi connectivity index (χ1n) is 10.4. The quantitative estimate of drug-likeness (QED) is 0.396. The third kappa shape index (κ3) is 5.45. The highest BCUT2D eigenvalue weighted by Gasteiger charge is 2.25. The van der Waals surface area contributed by atoms with Crippen molar-refractivity contribution in [3.8, 4) is 10.4 Å². The fourth-order valence-corrected chi connectivity index (χ4v) is 4.30. The predicted octanol–water partition coefficient (Wildman–Crippen LogP) is 6.68. The number of amides is 2.